The number of aryl methyl sites for hydroxylation is 1. The number of hydrogen-bond donors (Lipinski definition) is 0. The summed E-state index contributed by atoms with van der Waals surface area (Å²) in [6, 6.07) is 26.1. The number of nitrogens with zero attached hydrogens (tertiary/aromatic N) is 1. The molecule has 0 aliphatic heterocycles. The van der Waals surface area contributed by atoms with Crippen molar-refractivity contribution < 1.29 is 21.8 Å². The second-order valence-electron chi connectivity index (χ2n) is 7.21. The molecule has 1 nitrogen and oxygen atoms in total. The molecule has 0 radical (unpaired) electrons. The molecule has 3 aromatic rings. The lowest BCUT2D eigenvalue weighted by molar-refractivity contribution is -0.692. The molecule has 0 fully saturated rings. The van der Waals surface area contributed by atoms with Gasteiger partial charge in [0.05, 0.1) is 0 Å². The first-order chi connectivity index (χ1) is 14.3. The predicted molar refractivity (Wildman–Crippen MR) is 117 cm³/mol. The third-order valence-electron chi connectivity index (χ3n) is 4.79. The Labute approximate surface area is 176 Å². The molecule has 0 spiro atoms. The molecule has 1 heterocycles. The van der Waals surface area contributed by atoms with Crippen molar-refractivity contribution in [1.82, 2.24) is 0 Å². The van der Waals surface area contributed by atoms with E-state index in [9.17, 15) is 17.3 Å². The van der Waals surface area contributed by atoms with Gasteiger partial charge >= 0.3 is 7.25 Å². The van der Waals surface area contributed by atoms with Gasteiger partial charge in [-0.3, -0.25) is 0 Å². The second-order valence-corrected chi connectivity index (χ2v) is 7.21. The van der Waals surface area contributed by atoms with Crippen molar-refractivity contribution in [2.75, 3.05) is 0 Å². The third-order valence-corrected chi connectivity index (χ3v) is 4.79. The number of aromatic nitrogens is 1. The summed E-state index contributed by atoms with van der Waals surface area (Å²) in [5.74, 6) is 0. The monoisotopic (exact) mass is 417 g/mol. The van der Waals surface area contributed by atoms with Gasteiger partial charge in [-0.1, -0.05) is 68.3 Å². The molecule has 2 aromatic carbocycles. The minimum atomic E-state index is -6.00. The van der Waals surface area contributed by atoms with E-state index in [1.54, 1.807) is 0 Å². The summed E-state index contributed by atoms with van der Waals surface area (Å²) in [6.07, 6.45) is 5.14. The Morgan fingerprint density at radius 3 is 1.77 bits per heavy atom. The van der Waals surface area contributed by atoms with Crippen LogP contribution in [-0.4, -0.2) is 7.25 Å². The summed E-state index contributed by atoms with van der Waals surface area (Å²) in [5, 5.41) is 0. The number of unbranched alkanes of at least 4 members (excludes halogenated alkanes) is 3. The van der Waals surface area contributed by atoms with Crippen LogP contribution < -0.4 is 4.57 Å². The summed E-state index contributed by atoms with van der Waals surface area (Å²) in [5.41, 5.74) is 6.51. The van der Waals surface area contributed by atoms with E-state index in [1.165, 1.54) is 53.8 Å². The molecule has 6 heteroatoms. The number of benzene rings is 2. The first-order valence-electron chi connectivity index (χ1n) is 10.3. The van der Waals surface area contributed by atoms with Crippen LogP contribution in [0.15, 0.2) is 72.8 Å². The number of hydrogen-bond acceptors (Lipinski definition) is 0. The quantitative estimate of drug-likeness (QED) is 0.162. The zero-order valence-corrected chi connectivity index (χ0v) is 17.5. The lowest BCUT2D eigenvalue weighted by atomic mass is 10.0. The zero-order valence-electron chi connectivity index (χ0n) is 17.5. The van der Waals surface area contributed by atoms with E-state index >= 15 is 0 Å². The zero-order chi connectivity index (χ0) is 22.0. The molecule has 0 aliphatic rings. The summed E-state index contributed by atoms with van der Waals surface area (Å²) in [7, 11) is -6.00. The molecular formula is C24H28BF4N. The van der Waals surface area contributed by atoms with Crippen LogP contribution in [0.3, 0.4) is 0 Å². The van der Waals surface area contributed by atoms with Crippen LogP contribution in [-0.2, 0) is 6.54 Å². The maximum atomic E-state index is 9.75. The summed E-state index contributed by atoms with van der Waals surface area (Å²) in [4.78, 5) is 0. The van der Waals surface area contributed by atoms with E-state index in [4.69, 9.17) is 0 Å². The number of rotatable bonds is 7. The van der Waals surface area contributed by atoms with E-state index in [0.717, 1.165) is 6.54 Å². The molecule has 0 bridgehead atoms. The second kappa shape index (κ2) is 11.5. The predicted octanol–water partition coefficient (Wildman–Crippen LogP) is 7.50. The molecule has 30 heavy (non-hydrogen) atoms. The van der Waals surface area contributed by atoms with E-state index < -0.39 is 7.25 Å². The highest BCUT2D eigenvalue weighted by Gasteiger charge is 2.20. The molecule has 1 aromatic heterocycles. The standard InChI is InChI=1S/C24H28N.BF4/c1-3-4-5-12-17-25-20(2)18-23(21-13-8-6-9-14-21)19-24(25)22-15-10-7-11-16-22;2-1(3,4)5/h6-11,13-16,18-19H,3-5,12,17H2,1-2H3;/q+1;-1. The highest BCUT2D eigenvalue weighted by molar-refractivity contribution is 6.50. The van der Waals surface area contributed by atoms with Crippen molar-refractivity contribution in [2.24, 2.45) is 0 Å². The average molecular weight is 417 g/mol. The Balaban J connectivity index is 0.000000575. The summed E-state index contributed by atoms with van der Waals surface area (Å²) in [6.45, 7) is 5.59. The maximum absolute atomic E-state index is 9.75. The van der Waals surface area contributed by atoms with Gasteiger partial charge in [0, 0.05) is 31.0 Å². The largest absolute Gasteiger partial charge is 0.673 e. The van der Waals surface area contributed by atoms with Gasteiger partial charge in [0.1, 0.15) is 6.54 Å². The highest BCUT2D eigenvalue weighted by atomic mass is 19.5. The number of halogens is 4. The van der Waals surface area contributed by atoms with Crippen LogP contribution >= 0.6 is 0 Å². The van der Waals surface area contributed by atoms with Crippen molar-refractivity contribution in [3.05, 3.63) is 78.5 Å². The van der Waals surface area contributed by atoms with Gasteiger partial charge in [0.2, 0.25) is 5.69 Å². The van der Waals surface area contributed by atoms with Gasteiger partial charge in [0.25, 0.3) is 0 Å². The lowest BCUT2D eigenvalue weighted by Gasteiger charge is -2.10. The van der Waals surface area contributed by atoms with Crippen LogP contribution in [0.2, 0.25) is 0 Å². The van der Waals surface area contributed by atoms with Crippen LogP contribution in [0.1, 0.15) is 38.3 Å². The number of pyridine rings is 1. The molecule has 0 saturated heterocycles. The van der Waals surface area contributed by atoms with Crippen molar-refractivity contribution >= 4 is 7.25 Å². The molecule has 0 saturated carbocycles. The van der Waals surface area contributed by atoms with E-state index in [-0.39, 0.29) is 0 Å². The van der Waals surface area contributed by atoms with E-state index in [1.807, 2.05) is 0 Å². The summed E-state index contributed by atoms with van der Waals surface area (Å²) >= 11 is 0. The molecular weight excluding hydrogens is 389 g/mol. The van der Waals surface area contributed by atoms with Gasteiger partial charge in [-0.15, -0.1) is 0 Å². The summed E-state index contributed by atoms with van der Waals surface area (Å²) < 4.78 is 41.5. The van der Waals surface area contributed by atoms with Crippen molar-refractivity contribution in [1.29, 1.82) is 0 Å². The first kappa shape index (κ1) is 23.7. The van der Waals surface area contributed by atoms with E-state index in [2.05, 4.69) is 91.2 Å². The van der Waals surface area contributed by atoms with Crippen LogP contribution in [0.25, 0.3) is 22.4 Å². The fourth-order valence-electron chi connectivity index (χ4n) is 3.40. The molecule has 0 aliphatic carbocycles. The van der Waals surface area contributed by atoms with E-state index in [0.29, 0.717) is 0 Å². The fraction of sp³-hybridized carbons (Fsp3) is 0.292. The average Bonchev–Trinajstić information content (AvgIpc) is 2.72. The maximum Gasteiger partial charge on any atom is 0.673 e. The van der Waals surface area contributed by atoms with Gasteiger partial charge in [-0.25, -0.2) is 0 Å². The van der Waals surface area contributed by atoms with Crippen LogP contribution in [0, 0.1) is 6.92 Å². The Morgan fingerprint density at radius 2 is 1.23 bits per heavy atom. The molecule has 3 rings (SSSR count). The van der Waals surface area contributed by atoms with Gasteiger partial charge < -0.3 is 17.3 Å². The topological polar surface area (TPSA) is 3.88 Å². The fourth-order valence-corrected chi connectivity index (χ4v) is 3.40. The third kappa shape index (κ3) is 8.01. The van der Waals surface area contributed by atoms with Crippen LogP contribution in [0.5, 0.6) is 0 Å². The normalized spacial score (nSPS) is 11.0. The van der Waals surface area contributed by atoms with Crippen LogP contribution in [0.4, 0.5) is 17.3 Å². The smallest absolute Gasteiger partial charge is 0.418 e. The van der Waals surface area contributed by atoms with Crippen molar-refractivity contribution in [2.45, 2.75) is 46.1 Å². The Kier molecular flexibility index (Phi) is 9.09. The van der Waals surface area contributed by atoms with Gasteiger partial charge in [-0.05, 0) is 29.7 Å². The first-order valence-corrected chi connectivity index (χ1v) is 10.3. The Hall–Kier alpha value is -2.63. The van der Waals surface area contributed by atoms with Gasteiger partial charge in [0.15, 0.2) is 5.69 Å². The van der Waals surface area contributed by atoms with Crippen molar-refractivity contribution in [3.8, 4) is 22.4 Å². The Bertz CT molecular complexity index is 890. The van der Waals surface area contributed by atoms with Gasteiger partial charge in [-0.2, -0.15) is 4.57 Å². The Morgan fingerprint density at radius 1 is 0.700 bits per heavy atom. The highest BCUT2D eigenvalue weighted by Crippen LogP contribution is 2.25. The SMILES string of the molecule is CCCCCC[n+]1c(C)cc(-c2ccccc2)cc1-c1ccccc1.F[B-](F)(F)F. The molecule has 0 amide bonds. The minimum absolute atomic E-state index is 1.09. The molecule has 0 N–H and O–H groups in total. The molecule has 0 atom stereocenters. The minimum Gasteiger partial charge on any atom is -0.418 e. The van der Waals surface area contributed by atoms with Crippen molar-refractivity contribution in [3.63, 3.8) is 0 Å². The lowest BCUT2D eigenvalue weighted by Crippen LogP contribution is -2.39. The molecule has 0 unspecified atom stereocenters. The molecule has 160 valence electrons.